The number of nitrogens with one attached hydrogen (secondary N) is 1. The summed E-state index contributed by atoms with van der Waals surface area (Å²) >= 11 is 0. The van der Waals surface area contributed by atoms with Gasteiger partial charge in [-0.05, 0) is 57.0 Å². The van der Waals surface area contributed by atoms with E-state index in [9.17, 15) is 0 Å². The molecule has 1 fully saturated rings. The molecule has 31 heavy (non-hydrogen) atoms. The first-order chi connectivity index (χ1) is 15.1. The fourth-order valence-electron chi connectivity index (χ4n) is 3.87. The van der Waals surface area contributed by atoms with Crippen LogP contribution in [0.25, 0.3) is 0 Å². The predicted octanol–water partition coefficient (Wildman–Crippen LogP) is 2.56. The topological polar surface area (TPSA) is 52.6 Å². The van der Waals surface area contributed by atoms with Crippen LogP contribution in [0.5, 0.6) is 11.5 Å². The smallest absolute Gasteiger partial charge is 0.193 e. The molecule has 1 aliphatic rings. The lowest BCUT2D eigenvalue weighted by Gasteiger charge is -2.33. The highest BCUT2D eigenvalue weighted by atomic mass is 16.5. The normalized spacial score (nSPS) is 15.7. The Labute approximate surface area is 189 Å². The molecule has 0 bridgehead atoms. The van der Waals surface area contributed by atoms with Crippen molar-refractivity contribution in [3.05, 3.63) is 23.8 Å². The van der Waals surface area contributed by atoms with Gasteiger partial charge in [0.05, 0.1) is 14.2 Å². The van der Waals surface area contributed by atoms with E-state index in [1.807, 2.05) is 6.07 Å². The summed E-state index contributed by atoms with van der Waals surface area (Å²) in [6.07, 6.45) is 3.27. The second-order valence-electron chi connectivity index (χ2n) is 8.08. The number of hydrogen-bond donors (Lipinski definition) is 1. The number of nitrogens with zero attached hydrogens (tertiary/aromatic N) is 4. The lowest BCUT2D eigenvalue weighted by Crippen LogP contribution is -2.46. The van der Waals surface area contributed by atoms with E-state index < -0.39 is 0 Å². The average Bonchev–Trinajstić information content (AvgIpc) is 2.81. The Morgan fingerprint density at radius 1 is 1.03 bits per heavy atom. The first kappa shape index (κ1) is 25.3. The summed E-state index contributed by atoms with van der Waals surface area (Å²) in [5.74, 6) is 2.53. The number of piperazine rings is 1. The number of likely N-dealkylation sites (N-methyl/N-ethyl adjacent to an activating group) is 2. The van der Waals surface area contributed by atoms with E-state index in [2.05, 4.69) is 53.0 Å². The number of methoxy groups -OCH3 is 2. The molecule has 1 heterocycles. The van der Waals surface area contributed by atoms with E-state index in [1.165, 1.54) is 51.3 Å². The van der Waals surface area contributed by atoms with E-state index in [0.29, 0.717) is 0 Å². The Balaban J connectivity index is 1.75. The van der Waals surface area contributed by atoms with Crippen molar-refractivity contribution < 1.29 is 9.47 Å². The van der Waals surface area contributed by atoms with E-state index in [0.717, 1.165) is 49.9 Å². The van der Waals surface area contributed by atoms with Crippen molar-refractivity contribution in [3.8, 4) is 11.5 Å². The Bertz CT molecular complexity index is 659. The second kappa shape index (κ2) is 14.1. The standard InChI is InChI=1S/C24H43N5O2/c1-6-25-24(26-13-8-9-14-29-18-16-28(7-2)17-19-29)27(3)15-12-21-10-11-22(30-4)23(20-21)31-5/h10-11,20H,6-9,12-19H2,1-5H3,(H,25,26). The zero-order valence-electron chi connectivity index (χ0n) is 20.3. The zero-order chi connectivity index (χ0) is 22.5. The van der Waals surface area contributed by atoms with Crippen LogP contribution in [0.2, 0.25) is 0 Å². The van der Waals surface area contributed by atoms with Crippen molar-refractivity contribution >= 4 is 5.96 Å². The highest BCUT2D eigenvalue weighted by Crippen LogP contribution is 2.27. The van der Waals surface area contributed by atoms with Gasteiger partial charge in [0.2, 0.25) is 0 Å². The zero-order valence-corrected chi connectivity index (χ0v) is 20.3. The summed E-state index contributed by atoms with van der Waals surface area (Å²) in [7, 11) is 5.45. The van der Waals surface area contributed by atoms with Gasteiger partial charge < -0.3 is 29.5 Å². The van der Waals surface area contributed by atoms with Gasteiger partial charge in [0.25, 0.3) is 0 Å². The van der Waals surface area contributed by atoms with E-state index in [1.54, 1.807) is 14.2 Å². The molecule has 0 aliphatic carbocycles. The molecule has 0 spiro atoms. The van der Waals surface area contributed by atoms with Gasteiger partial charge in [0.1, 0.15) is 0 Å². The van der Waals surface area contributed by atoms with Crippen LogP contribution >= 0.6 is 0 Å². The van der Waals surface area contributed by atoms with Gasteiger partial charge in [-0.15, -0.1) is 0 Å². The van der Waals surface area contributed by atoms with Crippen LogP contribution in [0.4, 0.5) is 0 Å². The third-order valence-corrected chi connectivity index (χ3v) is 5.94. The molecular formula is C24H43N5O2. The highest BCUT2D eigenvalue weighted by molar-refractivity contribution is 5.79. The SMILES string of the molecule is CCNC(=NCCCCN1CCN(CC)CC1)N(C)CCc1ccc(OC)c(OC)c1. The molecular weight excluding hydrogens is 390 g/mol. The first-order valence-corrected chi connectivity index (χ1v) is 11.8. The fourth-order valence-corrected chi connectivity index (χ4v) is 3.87. The maximum atomic E-state index is 5.42. The second-order valence-corrected chi connectivity index (χ2v) is 8.08. The Hall–Kier alpha value is -1.99. The quantitative estimate of drug-likeness (QED) is 0.311. The summed E-state index contributed by atoms with van der Waals surface area (Å²) in [5, 5.41) is 3.43. The largest absolute Gasteiger partial charge is 0.493 e. The van der Waals surface area contributed by atoms with Crippen LogP contribution in [0.3, 0.4) is 0 Å². The average molecular weight is 434 g/mol. The van der Waals surface area contributed by atoms with E-state index in [4.69, 9.17) is 14.5 Å². The van der Waals surface area contributed by atoms with E-state index >= 15 is 0 Å². The molecule has 1 N–H and O–H groups in total. The number of guanidine groups is 1. The van der Waals surface area contributed by atoms with Crippen LogP contribution in [0.15, 0.2) is 23.2 Å². The summed E-state index contributed by atoms with van der Waals surface area (Å²) < 4.78 is 10.7. The minimum absolute atomic E-state index is 0.766. The first-order valence-electron chi connectivity index (χ1n) is 11.8. The molecule has 2 rings (SSSR count). The lowest BCUT2D eigenvalue weighted by molar-refractivity contribution is 0.136. The van der Waals surface area contributed by atoms with Crippen LogP contribution in [0.1, 0.15) is 32.3 Å². The van der Waals surface area contributed by atoms with Crippen molar-refractivity contribution in [2.24, 2.45) is 4.99 Å². The van der Waals surface area contributed by atoms with Crippen LogP contribution in [-0.4, -0.2) is 101 Å². The number of ether oxygens (including phenoxy) is 2. The van der Waals surface area contributed by atoms with Crippen molar-refractivity contribution in [3.63, 3.8) is 0 Å². The third kappa shape index (κ3) is 8.57. The number of aliphatic imine (C=N–C) groups is 1. The van der Waals surface area contributed by atoms with Gasteiger partial charge >= 0.3 is 0 Å². The molecule has 1 aromatic carbocycles. The van der Waals surface area contributed by atoms with Crippen LogP contribution < -0.4 is 14.8 Å². The number of benzene rings is 1. The molecule has 1 saturated heterocycles. The molecule has 0 aromatic heterocycles. The summed E-state index contributed by atoms with van der Waals surface area (Å²) in [5.41, 5.74) is 1.23. The van der Waals surface area contributed by atoms with Crippen molar-refractivity contribution in [1.82, 2.24) is 20.0 Å². The van der Waals surface area contributed by atoms with Crippen molar-refractivity contribution in [2.45, 2.75) is 33.1 Å². The molecule has 7 heteroatoms. The van der Waals surface area contributed by atoms with Gasteiger partial charge in [-0.1, -0.05) is 13.0 Å². The monoisotopic (exact) mass is 433 g/mol. The van der Waals surface area contributed by atoms with Crippen molar-refractivity contribution in [1.29, 1.82) is 0 Å². The van der Waals surface area contributed by atoms with E-state index in [-0.39, 0.29) is 0 Å². The molecule has 1 aromatic rings. The molecule has 7 nitrogen and oxygen atoms in total. The maximum absolute atomic E-state index is 5.42. The molecule has 0 radical (unpaired) electrons. The molecule has 0 saturated carbocycles. The molecule has 0 atom stereocenters. The van der Waals surface area contributed by atoms with Crippen LogP contribution in [0, 0.1) is 0 Å². The molecule has 1 aliphatic heterocycles. The number of rotatable bonds is 12. The molecule has 0 amide bonds. The maximum Gasteiger partial charge on any atom is 0.193 e. The number of hydrogen-bond acceptors (Lipinski definition) is 5. The predicted molar refractivity (Wildman–Crippen MR) is 130 cm³/mol. The Morgan fingerprint density at radius 3 is 2.39 bits per heavy atom. The van der Waals surface area contributed by atoms with Gasteiger partial charge in [-0.2, -0.15) is 0 Å². The van der Waals surface area contributed by atoms with Gasteiger partial charge in [-0.3, -0.25) is 4.99 Å². The highest BCUT2D eigenvalue weighted by Gasteiger charge is 2.14. The third-order valence-electron chi connectivity index (χ3n) is 5.94. The summed E-state index contributed by atoms with van der Waals surface area (Å²) in [6, 6.07) is 6.12. The summed E-state index contributed by atoms with van der Waals surface area (Å²) in [6.45, 7) is 14.2. The summed E-state index contributed by atoms with van der Waals surface area (Å²) in [4.78, 5) is 12.2. The fraction of sp³-hybridized carbons (Fsp3) is 0.708. The molecule has 176 valence electrons. The number of unbranched alkanes of at least 4 members (excludes halogenated alkanes) is 1. The van der Waals surface area contributed by atoms with Gasteiger partial charge in [0.15, 0.2) is 17.5 Å². The Kier molecular flexibility index (Phi) is 11.5. The van der Waals surface area contributed by atoms with Crippen molar-refractivity contribution in [2.75, 3.05) is 80.2 Å². The minimum atomic E-state index is 0.766. The van der Waals surface area contributed by atoms with Gasteiger partial charge in [-0.25, -0.2) is 0 Å². The van der Waals surface area contributed by atoms with Crippen LogP contribution in [-0.2, 0) is 6.42 Å². The van der Waals surface area contributed by atoms with Gasteiger partial charge in [0, 0.05) is 52.9 Å². The Morgan fingerprint density at radius 2 is 1.74 bits per heavy atom. The molecule has 0 unspecified atom stereocenters. The lowest BCUT2D eigenvalue weighted by atomic mass is 10.1. The minimum Gasteiger partial charge on any atom is -0.493 e.